The van der Waals surface area contributed by atoms with Gasteiger partial charge in [0.05, 0.1) is 0 Å². The van der Waals surface area contributed by atoms with Crippen LogP contribution >= 0.6 is 23.4 Å². The zero-order valence-electron chi connectivity index (χ0n) is 14.8. The molecule has 3 rings (SSSR count). The van der Waals surface area contributed by atoms with Gasteiger partial charge in [-0.2, -0.15) is 0 Å². The molecule has 5 heteroatoms. The summed E-state index contributed by atoms with van der Waals surface area (Å²) in [5, 5.41) is 3.68. The van der Waals surface area contributed by atoms with Crippen molar-refractivity contribution in [1.82, 2.24) is 4.90 Å². The molecule has 25 heavy (non-hydrogen) atoms. The maximum atomic E-state index is 12.7. The zero-order valence-corrected chi connectivity index (χ0v) is 16.3. The van der Waals surface area contributed by atoms with Crippen LogP contribution < -0.4 is 5.32 Å². The summed E-state index contributed by atoms with van der Waals surface area (Å²) in [6.45, 7) is 7.37. The normalized spacial score (nSPS) is 17.6. The van der Waals surface area contributed by atoms with Crippen LogP contribution in [0.4, 0.5) is 10.5 Å². The van der Waals surface area contributed by atoms with E-state index in [4.69, 9.17) is 11.6 Å². The van der Waals surface area contributed by atoms with Crippen molar-refractivity contribution in [1.29, 1.82) is 0 Å². The molecular formula is C20H23ClN2OS. The van der Waals surface area contributed by atoms with Gasteiger partial charge in [-0.25, -0.2) is 4.79 Å². The van der Waals surface area contributed by atoms with Crippen LogP contribution in [0.5, 0.6) is 0 Å². The van der Waals surface area contributed by atoms with E-state index < -0.39 is 0 Å². The van der Waals surface area contributed by atoms with Gasteiger partial charge in [-0.15, -0.1) is 11.8 Å². The van der Waals surface area contributed by atoms with Gasteiger partial charge in [0.2, 0.25) is 0 Å². The van der Waals surface area contributed by atoms with Crippen molar-refractivity contribution in [3.63, 3.8) is 0 Å². The van der Waals surface area contributed by atoms with Gasteiger partial charge in [-0.3, -0.25) is 0 Å². The second-order valence-corrected chi connectivity index (χ2v) is 8.85. The third kappa shape index (κ3) is 4.31. The predicted octanol–water partition coefficient (Wildman–Crippen LogP) is 5.92. The standard InChI is InChI=1S/C20H23ClN2OS/c1-20(2,3)15-6-4-14(5-7-15)18-23(12-13-25-18)19(24)22-17-10-8-16(21)9-11-17/h4-11,18H,12-13H2,1-3H3,(H,22,24). The van der Waals surface area contributed by atoms with Crippen LogP contribution in [0.25, 0.3) is 0 Å². The number of nitrogens with one attached hydrogen (secondary N) is 1. The number of benzene rings is 2. The summed E-state index contributed by atoms with van der Waals surface area (Å²) in [7, 11) is 0. The molecule has 1 atom stereocenters. The molecule has 1 N–H and O–H groups in total. The van der Waals surface area contributed by atoms with Crippen LogP contribution in [0, 0.1) is 0 Å². The molecule has 0 aromatic heterocycles. The minimum Gasteiger partial charge on any atom is -0.308 e. The summed E-state index contributed by atoms with van der Waals surface area (Å²) in [6.07, 6.45) is 0. The Hall–Kier alpha value is -1.65. The quantitative estimate of drug-likeness (QED) is 0.707. The van der Waals surface area contributed by atoms with Gasteiger partial charge in [0, 0.05) is 23.0 Å². The minimum atomic E-state index is -0.0720. The lowest BCUT2D eigenvalue weighted by molar-refractivity contribution is 0.214. The summed E-state index contributed by atoms with van der Waals surface area (Å²) in [4.78, 5) is 14.6. The molecule has 132 valence electrons. The van der Waals surface area contributed by atoms with Crippen LogP contribution in [0.1, 0.15) is 37.3 Å². The Bertz CT molecular complexity index is 738. The van der Waals surface area contributed by atoms with Gasteiger partial charge in [0.25, 0.3) is 0 Å². The second-order valence-electron chi connectivity index (χ2n) is 7.23. The van der Waals surface area contributed by atoms with Gasteiger partial charge in [-0.1, -0.05) is 56.6 Å². The lowest BCUT2D eigenvalue weighted by Crippen LogP contribution is -2.34. The first-order valence-corrected chi connectivity index (χ1v) is 9.82. The summed E-state index contributed by atoms with van der Waals surface area (Å²) in [6, 6.07) is 15.7. The number of rotatable bonds is 2. The number of hydrogen-bond acceptors (Lipinski definition) is 2. The Balaban J connectivity index is 1.73. The molecule has 1 aliphatic heterocycles. The molecule has 1 fully saturated rings. The maximum absolute atomic E-state index is 12.7. The van der Waals surface area contributed by atoms with Crippen LogP contribution in [-0.2, 0) is 5.41 Å². The fourth-order valence-corrected chi connectivity index (χ4v) is 4.21. The number of nitrogens with zero attached hydrogens (tertiary/aromatic N) is 1. The summed E-state index contributed by atoms with van der Waals surface area (Å²) >= 11 is 7.70. The smallest absolute Gasteiger partial charge is 0.308 e. The third-order valence-corrected chi connectivity index (χ3v) is 5.82. The molecule has 1 unspecified atom stereocenters. The molecule has 3 nitrogen and oxygen atoms in total. The van der Waals surface area contributed by atoms with E-state index in [9.17, 15) is 4.79 Å². The number of halogens is 1. The molecule has 1 saturated heterocycles. The maximum Gasteiger partial charge on any atom is 0.323 e. The van der Waals surface area contributed by atoms with Crippen molar-refractivity contribution in [3.05, 3.63) is 64.7 Å². The largest absolute Gasteiger partial charge is 0.323 e. The molecular weight excluding hydrogens is 352 g/mol. The molecule has 2 aromatic carbocycles. The fourth-order valence-electron chi connectivity index (χ4n) is 2.83. The molecule has 0 radical (unpaired) electrons. The van der Waals surface area contributed by atoms with E-state index >= 15 is 0 Å². The van der Waals surface area contributed by atoms with E-state index in [0.29, 0.717) is 5.02 Å². The highest BCUT2D eigenvalue weighted by atomic mass is 35.5. The van der Waals surface area contributed by atoms with E-state index in [1.54, 1.807) is 23.9 Å². The van der Waals surface area contributed by atoms with Crippen LogP contribution in [0.3, 0.4) is 0 Å². The average Bonchev–Trinajstić information content (AvgIpc) is 3.06. The molecule has 0 bridgehead atoms. The molecule has 2 aromatic rings. The number of thioether (sulfide) groups is 1. The Labute approximate surface area is 158 Å². The van der Waals surface area contributed by atoms with Crippen molar-refractivity contribution in [2.75, 3.05) is 17.6 Å². The second kappa shape index (κ2) is 7.30. The van der Waals surface area contributed by atoms with E-state index in [2.05, 4.69) is 50.4 Å². The molecule has 0 saturated carbocycles. The van der Waals surface area contributed by atoms with Gasteiger partial charge >= 0.3 is 6.03 Å². The van der Waals surface area contributed by atoms with E-state index in [1.807, 2.05) is 17.0 Å². The fraction of sp³-hybridized carbons (Fsp3) is 0.350. The number of carbonyl (C=O) groups excluding carboxylic acids is 1. The first kappa shape index (κ1) is 18.2. The molecule has 0 aliphatic carbocycles. The lowest BCUT2D eigenvalue weighted by Gasteiger charge is -2.25. The van der Waals surface area contributed by atoms with Gasteiger partial charge in [0.15, 0.2) is 0 Å². The Kier molecular flexibility index (Phi) is 5.30. The topological polar surface area (TPSA) is 32.3 Å². The minimum absolute atomic E-state index is 0.0568. The average molecular weight is 375 g/mol. The van der Waals surface area contributed by atoms with E-state index in [0.717, 1.165) is 18.0 Å². The first-order chi connectivity index (χ1) is 11.8. The number of urea groups is 1. The highest BCUT2D eigenvalue weighted by molar-refractivity contribution is 7.99. The highest BCUT2D eigenvalue weighted by Gasteiger charge is 2.31. The summed E-state index contributed by atoms with van der Waals surface area (Å²) in [5.41, 5.74) is 3.36. The molecule has 1 heterocycles. The lowest BCUT2D eigenvalue weighted by atomic mass is 9.87. The molecule has 0 spiro atoms. The zero-order chi connectivity index (χ0) is 18.0. The predicted molar refractivity (Wildman–Crippen MR) is 108 cm³/mol. The Morgan fingerprint density at radius 3 is 2.36 bits per heavy atom. The van der Waals surface area contributed by atoms with E-state index in [1.165, 1.54) is 11.1 Å². The first-order valence-electron chi connectivity index (χ1n) is 8.40. The van der Waals surface area contributed by atoms with E-state index in [-0.39, 0.29) is 16.8 Å². The van der Waals surface area contributed by atoms with Crippen molar-refractivity contribution in [2.45, 2.75) is 31.6 Å². The number of carbonyl (C=O) groups is 1. The third-order valence-electron chi connectivity index (χ3n) is 4.31. The molecule has 1 aliphatic rings. The summed E-state index contributed by atoms with van der Waals surface area (Å²) < 4.78 is 0. The number of amides is 2. The van der Waals surface area contributed by atoms with Crippen molar-refractivity contribution >= 4 is 35.1 Å². The Morgan fingerprint density at radius 1 is 1.12 bits per heavy atom. The Morgan fingerprint density at radius 2 is 1.76 bits per heavy atom. The van der Waals surface area contributed by atoms with Crippen molar-refractivity contribution in [3.8, 4) is 0 Å². The molecule has 2 amide bonds. The van der Waals surface area contributed by atoms with Gasteiger partial charge < -0.3 is 10.2 Å². The van der Waals surface area contributed by atoms with Crippen molar-refractivity contribution < 1.29 is 4.79 Å². The monoisotopic (exact) mass is 374 g/mol. The number of hydrogen-bond donors (Lipinski definition) is 1. The van der Waals surface area contributed by atoms with Gasteiger partial charge in [0.1, 0.15) is 5.37 Å². The number of anilines is 1. The SMILES string of the molecule is CC(C)(C)c1ccc(C2SCCN2C(=O)Nc2ccc(Cl)cc2)cc1. The summed E-state index contributed by atoms with van der Waals surface area (Å²) in [5.74, 6) is 0.944. The van der Waals surface area contributed by atoms with Crippen LogP contribution in [0.2, 0.25) is 5.02 Å². The highest BCUT2D eigenvalue weighted by Crippen LogP contribution is 2.38. The van der Waals surface area contributed by atoms with Crippen molar-refractivity contribution in [2.24, 2.45) is 0 Å². The van der Waals surface area contributed by atoms with Crippen LogP contribution in [-0.4, -0.2) is 23.2 Å². The van der Waals surface area contributed by atoms with Crippen LogP contribution in [0.15, 0.2) is 48.5 Å². The van der Waals surface area contributed by atoms with Gasteiger partial charge in [-0.05, 0) is 40.8 Å².